The molecule has 166 valence electrons. The van der Waals surface area contributed by atoms with Gasteiger partial charge in [0.2, 0.25) is 0 Å². The van der Waals surface area contributed by atoms with E-state index in [1.165, 1.54) is 6.08 Å². The van der Waals surface area contributed by atoms with Crippen molar-refractivity contribution in [1.82, 2.24) is 0 Å². The zero-order chi connectivity index (χ0) is 23.1. The number of hydrogen-bond donors (Lipinski definition) is 0. The fraction of sp³-hybridized carbons (Fsp3) is 0.160. The summed E-state index contributed by atoms with van der Waals surface area (Å²) in [5.74, 6) is 1.83. The maximum absolute atomic E-state index is 12.5. The molecule has 0 spiro atoms. The molecule has 0 aliphatic heterocycles. The fourth-order valence-corrected chi connectivity index (χ4v) is 4.14. The molecule has 0 aromatic heterocycles. The van der Waals surface area contributed by atoms with Crippen molar-refractivity contribution in [2.24, 2.45) is 0 Å². The Morgan fingerprint density at radius 1 is 1.03 bits per heavy atom. The number of halogens is 3. The Balaban J connectivity index is 1.79. The number of ketones is 1. The molecule has 0 atom stereocenters. The molecule has 3 aromatic carbocycles. The van der Waals surface area contributed by atoms with Crippen molar-refractivity contribution in [2.75, 3.05) is 13.7 Å². The van der Waals surface area contributed by atoms with Crippen molar-refractivity contribution in [3.05, 3.63) is 91.0 Å². The molecular formula is C25H21Cl2IO4. The average molecular weight is 583 g/mol. The second kappa shape index (κ2) is 11.6. The number of rotatable bonds is 9. The number of methoxy groups -OCH3 is 1. The first-order valence-electron chi connectivity index (χ1n) is 9.80. The normalized spacial score (nSPS) is 10.9. The summed E-state index contributed by atoms with van der Waals surface area (Å²) in [5.41, 5.74) is 2.24. The van der Waals surface area contributed by atoms with E-state index in [2.05, 4.69) is 22.6 Å². The molecule has 4 nitrogen and oxygen atoms in total. The highest BCUT2D eigenvalue weighted by Gasteiger charge is 2.13. The molecule has 0 bridgehead atoms. The molecule has 3 rings (SSSR count). The molecule has 0 unspecified atom stereocenters. The lowest BCUT2D eigenvalue weighted by Crippen LogP contribution is -2.02. The zero-order valence-electron chi connectivity index (χ0n) is 17.5. The fourth-order valence-electron chi connectivity index (χ4n) is 2.90. The Bertz CT molecular complexity index is 1130. The predicted octanol–water partition coefficient (Wildman–Crippen LogP) is 7.48. The predicted molar refractivity (Wildman–Crippen MR) is 137 cm³/mol. The van der Waals surface area contributed by atoms with E-state index in [9.17, 15) is 4.79 Å². The van der Waals surface area contributed by atoms with E-state index in [4.69, 9.17) is 37.4 Å². The van der Waals surface area contributed by atoms with E-state index in [0.717, 1.165) is 14.7 Å². The quantitative estimate of drug-likeness (QED) is 0.149. The maximum Gasteiger partial charge on any atom is 0.185 e. The Hall–Kier alpha value is -2.22. The molecule has 0 heterocycles. The number of carbonyl (C=O) groups excluding carboxylic acids is 1. The van der Waals surface area contributed by atoms with Crippen molar-refractivity contribution in [3.8, 4) is 17.2 Å². The molecule has 0 saturated heterocycles. The first kappa shape index (κ1) is 24.4. The van der Waals surface area contributed by atoms with Gasteiger partial charge in [-0.3, -0.25) is 4.79 Å². The minimum absolute atomic E-state index is 0.0988. The molecule has 32 heavy (non-hydrogen) atoms. The van der Waals surface area contributed by atoms with Crippen LogP contribution in [0.4, 0.5) is 0 Å². The molecule has 0 fully saturated rings. The van der Waals surface area contributed by atoms with Gasteiger partial charge in [0.15, 0.2) is 17.3 Å². The molecular weight excluding hydrogens is 562 g/mol. The van der Waals surface area contributed by atoms with Gasteiger partial charge in [-0.05, 0) is 89.7 Å². The van der Waals surface area contributed by atoms with Crippen LogP contribution < -0.4 is 14.2 Å². The molecule has 0 aliphatic carbocycles. The summed E-state index contributed by atoms with van der Waals surface area (Å²) in [4.78, 5) is 12.5. The second-order valence-corrected chi connectivity index (χ2v) is 8.72. The van der Waals surface area contributed by atoms with Crippen LogP contribution in [0.15, 0.2) is 60.7 Å². The van der Waals surface area contributed by atoms with Crippen LogP contribution in [0.5, 0.6) is 17.2 Å². The van der Waals surface area contributed by atoms with Crippen LogP contribution in [-0.4, -0.2) is 19.5 Å². The van der Waals surface area contributed by atoms with E-state index in [0.29, 0.717) is 39.5 Å². The van der Waals surface area contributed by atoms with Crippen molar-refractivity contribution in [3.63, 3.8) is 0 Å². The number of ether oxygens (including phenoxy) is 3. The molecule has 3 aromatic rings. The Morgan fingerprint density at radius 2 is 1.78 bits per heavy atom. The lowest BCUT2D eigenvalue weighted by atomic mass is 10.1. The van der Waals surface area contributed by atoms with Crippen LogP contribution in [-0.2, 0) is 6.61 Å². The van der Waals surface area contributed by atoms with Gasteiger partial charge in [-0.25, -0.2) is 0 Å². The van der Waals surface area contributed by atoms with Crippen LogP contribution >= 0.6 is 45.8 Å². The van der Waals surface area contributed by atoms with Crippen molar-refractivity contribution in [2.45, 2.75) is 13.5 Å². The topological polar surface area (TPSA) is 44.8 Å². The van der Waals surface area contributed by atoms with Crippen molar-refractivity contribution >= 4 is 57.7 Å². The Labute approximate surface area is 211 Å². The van der Waals surface area contributed by atoms with Gasteiger partial charge in [0, 0.05) is 21.2 Å². The standard InChI is InChI=1S/C25H21Cl2IO4/c1-3-31-24-13-16(4-11-23(29)17-6-9-20(30-2)10-7-17)12-22(28)25(24)32-15-18-5-8-19(26)14-21(18)27/h4-14H,3,15H2,1-2H3/b11-4+. The van der Waals surface area contributed by atoms with Gasteiger partial charge < -0.3 is 14.2 Å². The summed E-state index contributed by atoms with van der Waals surface area (Å²) in [5, 5.41) is 1.12. The van der Waals surface area contributed by atoms with Crippen LogP contribution in [0.3, 0.4) is 0 Å². The van der Waals surface area contributed by atoms with Gasteiger partial charge in [-0.2, -0.15) is 0 Å². The molecule has 0 amide bonds. The highest BCUT2D eigenvalue weighted by atomic mass is 127. The van der Waals surface area contributed by atoms with Gasteiger partial charge in [0.05, 0.1) is 17.3 Å². The van der Waals surface area contributed by atoms with Gasteiger partial charge in [-0.15, -0.1) is 0 Å². The molecule has 0 aliphatic rings. The van der Waals surface area contributed by atoms with Gasteiger partial charge in [-0.1, -0.05) is 35.3 Å². The summed E-state index contributed by atoms with van der Waals surface area (Å²) in [6, 6.07) is 16.1. The largest absolute Gasteiger partial charge is 0.497 e. The second-order valence-electron chi connectivity index (χ2n) is 6.71. The van der Waals surface area contributed by atoms with Crippen LogP contribution in [0.1, 0.15) is 28.4 Å². The van der Waals surface area contributed by atoms with Gasteiger partial charge >= 0.3 is 0 Å². The van der Waals surface area contributed by atoms with E-state index >= 15 is 0 Å². The van der Waals surface area contributed by atoms with Gasteiger partial charge in [0.25, 0.3) is 0 Å². The average Bonchev–Trinajstić information content (AvgIpc) is 2.78. The molecule has 0 saturated carbocycles. The molecule has 7 heteroatoms. The zero-order valence-corrected chi connectivity index (χ0v) is 21.2. The van der Waals surface area contributed by atoms with Gasteiger partial charge in [0.1, 0.15) is 12.4 Å². The van der Waals surface area contributed by atoms with E-state index in [-0.39, 0.29) is 12.4 Å². The smallest absolute Gasteiger partial charge is 0.185 e. The van der Waals surface area contributed by atoms with E-state index in [1.54, 1.807) is 49.6 Å². The lowest BCUT2D eigenvalue weighted by molar-refractivity contribution is 0.104. The highest BCUT2D eigenvalue weighted by Crippen LogP contribution is 2.36. The number of hydrogen-bond acceptors (Lipinski definition) is 4. The molecule has 0 radical (unpaired) electrons. The van der Waals surface area contributed by atoms with Crippen LogP contribution in [0.2, 0.25) is 10.0 Å². The Kier molecular flexibility index (Phi) is 8.84. The van der Waals surface area contributed by atoms with E-state index in [1.807, 2.05) is 25.1 Å². The third-order valence-corrected chi connectivity index (χ3v) is 5.91. The summed E-state index contributed by atoms with van der Waals surface area (Å²) in [6.45, 7) is 2.66. The molecule has 0 N–H and O–H groups in total. The minimum Gasteiger partial charge on any atom is -0.497 e. The highest BCUT2D eigenvalue weighted by molar-refractivity contribution is 14.1. The summed E-state index contributed by atoms with van der Waals surface area (Å²) in [6.07, 6.45) is 3.30. The first-order valence-corrected chi connectivity index (χ1v) is 11.6. The number of allylic oxidation sites excluding steroid dienone is 1. The summed E-state index contributed by atoms with van der Waals surface area (Å²) >= 11 is 14.4. The number of benzene rings is 3. The first-order chi connectivity index (χ1) is 15.4. The Morgan fingerprint density at radius 3 is 2.44 bits per heavy atom. The maximum atomic E-state index is 12.5. The minimum atomic E-state index is -0.0988. The van der Waals surface area contributed by atoms with Crippen molar-refractivity contribution < 1.29 is 19.0 Å². The summed E-state index contributed by atoms with van der Waals surface area (Å²) < 4.78 is 17.8. The monoisotopic (exact) mass is 582 g/mol. The van der Waals surface area contributed by atoms with Crippen LogP contribution in [0, 0.1) is 3.57 Å². The SMILES string of the molecule is CCOc1cc(/C=C/C(=O)c2ccc(OC)cc2)cc(I)c1OCc1ccc(Cl)cc1Cl. The lowest BCUT2D eigenvalue weighted by Gasteiger charge is -2.15. The van der Waals surface area contributed by atoms with Crippen LogP contribution in [0.25, 0.3) is 6.08 Å². The van der Waals surface area contributed by atoms with E-state index < -0.39 is 0 Å². The number of carbonyl (C=O) groups is 1. The third-order valence-electron chi connectivity index (χ3n) is 4.52. The van der Waals surface area contributed by atoms with Crippen molar-refractivity contribution in [1.29, 1.82) is 0 Å². The summed E-state index contributed by atoms with van der Waals surface area (Å²) in [7, 11) is 1.59. The third kappa shape index (κ3) is 6.40.